The highest BCUT2D eigenvalue weighted by atomic mass is 35.5. The molecule has 0 spiro atoms. The SMILES string of the molecule is Cn1cc(OCc2ccccc2Cl)c(=O)cc1C(=O)NCc1ccccn1. The maximum atomic E-state index is 12.4. The van der Waals surface area contributed by atoms with Crippen LogP contribution in [-0.4, -0.2) is 15.5 Å². The number of carbonyl (C=O) groups excluding carboxylic acids is 1. The first-order valence-corrected chi connectivity index (χ1v) is 8.67. The molecule has 0 atom stereocenters. The number of ether oxygens (including phenoxy) is 1. The van der Waals surface area contributed by atoms with Gasteiger partial charge in [0.15, 0.2) is 5.75 Å². The van der Waals surface area contributed by atoms with Crippen LogP contribution in [0.3, 0.4) is 0 Å². The van der Waals surface area contributed by atoms with Crippen molar-refractivity contribution in [2.24, 2.45) is 7.05 Å². The van der Waals surface area contributed by atoms with E-state index in [4.69, 9.17) is 16.3 Å². The fraction of sp³-hybridized carbons (Fsp3) is 0.150. The highest BCUT2D eigenvalue weighted by Crippen LogP contribution is 2.17. The molecule has 0 unspecified atom stereocenters. The van der Waals surface area contributed by atoms with Gasteiger partial charge in [-0.1, -0.05) is 35.9 Å². The van der Waals surface area contributed by atoms with Crippen LogP contribution < -0.4 is 15.5 Å². The fourth-order valence-electron chi connectivity index (χ4n) is 2.48. The zero-order chi connectivity index (χ0) is 19.2. The molecule has 0 aliphatic rings. The van der Waals surface area contributed by atoms with Gasteiger partial charge >= 0.3 is 0 Å². The minimum atomic E-state index is -0.372. The second kappa shape index (κ2) is 8.51. The quantitative estimate of drug-likeness (QED) is 0.710. The molecule has 2 aromatic heterocycles. The van der Waals surface area contributed by atoms with E-state index >= 15 is 0 Å². The van der Waals surface area contributed by atoms with Crippen molar-refractivity contribution >= 4 is 17.5 Å². The Morgan fingerprint density at radius 1 is 1.22 bits per heavy atom. The molecule has 1 N–H and O–H groups in total. The van der Waals surface area contributed by atoms with Crippen LogP contribution in [0.2, 0.25) is 5.02 Å². The van der Waals surface area contributed by atoms with Gasteiger partial charge in [-0.15, -0.1) is 0 Å². The number of rotatable bonds is 6. The third-order valence-electron chi connectivity index (χ3n) is 3.93. The van der Waals surface area contributed by atoms with Gasteiger partial charge in [0.05, 0.1) is 18.4 Å². The van der Waals surface area contributed by atoms with Crippen LogP contribution in [0.15, 0.2) is 65.7 Å². The van der Waals surface area contributed by atoms with Crippen LogP contribution in [-0.2, 0) is 20.2 Å². The first-order valence-electron chi connectivity index (χ1n) is 8.29. The lowest BCUT2D eigenvalue weighted by Crippen LogP contribution is -2.28. The Kier molecular flexibility index (Phi) is 5.88. The molecular weight excluding hydrogens is 366 g/mol. The topological polar surface area (TPSA) is 73.2 Å². The largest absolute Gasteiger partial charge is 0.483 e. The number of aryl methyl sites for hydroxylation is 1. The lowest BCUT2D eigenvalue weighted by Gasteiger charge is -2.12. The molecule has 0 saturated carbocycles. The van der Waals surface area contributed by atoms with Crippen LogP contribution in [0.5, 0.6) is 5.75 Å². The van der Waals surface area contributed by atoms with Gasteiger partial charge in [0.2, 0.25) is 5.43 Å². The van der Waals surface area contributed by atoms with Crippen molar-refractivity contribution < 1.29 is 9.53 Å². The van der Waals surface area contributed by atoms with E-state index in [0.717, 1.165) is 11.3 Å². The Balaban J connectivity index is 1.69. The molecule has 7 heteroatoms. The Morgan fingerprint density at radius 3 is 2.74 bits per heavy atom. The molecule has 0 saturated heterocycles. The monoisotopic (exact) mass is 383 g/mol. The molecule has 3 aromatic rings. The standard InChI is InChI=1S/C20H18ClN3O3/c1-24-12-19(27-13-14-6-2-3-8-16(14)21)18(25)10-17(24)20(26)23-11-15-7-4-5-9-22-15/h2-10,12H,11,13H2,1H3,(H,23,26). The summed E-state index contributed by atoms with van der Waals surface area (Å²) >= 11 is 6.09. The van der Waals surface area contributed by atoms with Crippen molar-refractivity contribution in [3.8, 4) is 5.75 Å². The van der Waals surface area contributed by atoms with E-state index < -0.39 is 0 Å². The Bertz CT molecular complexity index is 1000. The third-order valence-corrected chi connectivity index (χ3v) is 4.30. The number of pyridine rings is 2. The van der Waals surface area contributed by atoms with Gasteiger partial charge in [-0.25, -0.2) is 0 Å². The molecule has 138 valence electrons. The van der Waals surface area contributed by atoms with E-state index in [1.54, 1.807) is 29.9 Å². The summed E-state index contributed by atoms with van der Waals surface area (Å²) in [6, 6.07) is 14.0. The summed E-state index contributed by atoms with van der Waals surface area (Å²) in [6.07, 6.45) is 3.15. The molecule has 27 heavy (non-hydrogen) atoms. The van der Waals surface area contributed by atoms with E-state index in [-0.39, 0.29) is 35.9 Å². The van der Waals surface area contributed by atoms with Crippen molar-refractivity contribution in [1.29, 1.82) is 0 Å². The number of nitrogens with one attached hydrogen (secondary N) is 1. The van der Waals surface area contributed by atoms with Crippen molar-refractivity contribution in [3.05, 3.63) is 93.1 Å². The first-order chi connectivity index (χ1) is 13.0. The van der Waals surface area contributed by atoms with Crippen molar-refractivity contribution in [2.45, 2.75) is 13.2 Å². The van der Waals surface area contributed by atoms with Gasteiger partial charge < -0.3 is 14.6 Å². The van der Waals surface area contributed by atoms with Crippen molar-refractivity contribution in [2.75, 3.05) is 0 Å². The lowest BCUT2D eigenvalue weighted by molar-refractivity contribution is 0.0941. The number of hydrogen-bond acceptors (Lipinski definition) is 4. The molecule has 1 amide bonds. The van der Waals surface area contributed by atoms with Gasteiger partial charge in [-0.05, 0) is 18.2 Å². The van der Waals surface area contributed by atoms with Crippen LogP contribution in [0.4, 0.5) is 0 Å². The minimum Gasteiger partial charge on any atom is -0.483 e. The fourth-order valence-corrected chi connectivity index (χ4v) is 2.67. The predicted octanol–water partition coefficient (Wildman–Crippen LogP) is 2.94. The number of hydrogen-bond donors (Lipinski definition) is 1. The second-order valence-corrected chi connectivity index (χ2v) is 6.29. The molecule has 0 aliphatic carbocycles. The van der Waals surface area contributed by atoms with Crippen LogP contribution in [0.25, 0.3) is 0 Å². The number of nitrogens with zero attached hydrogens (tertiary/aromatic N) is 2. The molecule has 1 aromatic carbocycles. The number of halogens is 1. The highest BCUT2D eigenvalue weighted by Gasteiger charge is 2.13. The third kappa shape index (κ3) is 4.74. The summed E-state index contributed by atoms with van der Waals surface area (Å²) in [5.74, 6) is -0.211. The van der Waals surface area contributed by atoms with E-state index in [1.807, 2.05) is 30.3 Å². The lowest BCUT2D eigenvalue weighted by atomic mass is 10.2. The van der Waals surface area contributed by atoms with Crippen molar-refractivity contribution in [3.63, 3.8) is 0 Å². The van der Waals surface area contributed by atoms with E-state index in [2.05, 4.69) is 10.3 Å². The molecule has 0 fully saturated rings. The van der Waals surface area contributed by atoms with Gasteiger partial charge in [0, 0.05) is 29.9 Å². The Morgan fingerprint density at radius 2 is 2.00 bits per heavy atom. The maximum Gasteiger partial charge on any atom is 0.268 e. The smallest absolute Gasteiger partial charge is 0.268 e. The van der Waals surface area contributed by atoms with Gasteiger partial charge in [0.1, 0.15) is 12.3 Å². The van der Waals surface area contributed by atoms with Gasteiger partial charge in [-0.2, -0.15) is 0 Å². The van der Waals surface area contributed by atoms with Crippen LogP contribution >= 0.6 is 11.6 Å². The highest BCUT2D eigenvalue weighted by molar-refractivity contribution is 6.31. The predicted molar refractivity (Wildman–Crippen MR) is 103 cm³/mol. The maximum absolute atomic E-state index is 12.4. The summed E-state index contributed by atoms with van der Waals surface area (Å²) in [5.41, 5.74) is 1.37. The van der Waals surface area contributed by atoms with Crippen LogP contribution in [0.1, 0.15) is 21.7 Å². The summed E-state index contributed by atoms with van der Waals surface area (Å²) < 4.78 is 7.14. The minimum absolute atomic E-state index is 0.152. The summed E-state index contributed by atoms with van der Waals surface area (Å²) in [4.78, 5) is 28.8. The van der Waals surface area contributed by atoms with Crippen molar-refractivity contribution in [1.82, 2.24) is 14.9 Å². The number of amides is 1. The first kappa shape index (κ1) is 18.7. The second-order valence-electron chi connectivity index (χ2n) is 5.88. The number of carbonyl (C=O) groups is 1. The molecule has 3 rings (SSSR count). The normalized spacial score (nSPS) is 10.4. The molecule has 0 aliphatic heterocycles. The van der Waals surface area contributed by atoms with Crippen LogP contribution in [0, 0.1) is 0 Å². The van der Waals surface area contributed by atoms with E-state index in [1.165, 1.54) is 12.3 Å². The van der Waals surface area contributed by atoms with E-state index in [9.17, 15) is 9.59 Å². The molecule has 6 nitrogen and oxygen atoms in total. The van der Waals surface area contributed by atoms with Gasteiger partial charge in [0.25, 0.3) is 5.91 Å². The molecular formula is C20H18ClN3O3. The average Bonchev–Trinajstić information content (AvgIpc) is 2.68. The summed E-state index contributed by atoms with van der Waals surface area (Å²) in [6.45, 7) is 0.443. The molecule has 2 heterocycles. The van der Waals surface area contributed by atoms with Gasteiger partial charge in [-0.3, -0.25) is 14.6 Å². The zero-order valence-electron chi connectivity index (χ0n) is 14.7. The number of aromatic nitrogens is 2. The Hall–Kier alpha value is -3.12. The van der Waals surface area contributed by atoms with E-state index in [0.29, 0.717) is 5.02 Å². The molecule has 0 radical (unpaired) electrons. The molecule has 0 bridgehead atoms. The summed E-state index contributed by atoms with van der Waals surface area (Å²) in [7, 11) is 1.68. The number of benzene rings is 1. The zero-order valence-corrected chi connectivity index (χ0v) is 15.4. The average molecular weight is 384 g/mol. The summed E-state index contributed by atoms with van der Waals surface area (Å²) in [5, 5.41) is 3.32. The Labute approximate surface area is 161 Å².